The van der Waals surface area contributed by atoms with Crippen LogP contribution < -0.4 is 0 Å². The van der Waals surface area contributed by atoms with Crippen LogP contribution in [0, 0.1) is 40.4 Å². The molecule has 0 radical (unpaired) electrons. The quantitative estimate of drug-likeness (QED) is 0.604. The first-order valence-corrected chi connectivity index (χ1v) is 13.9. The number of nitrogens with zero attached hydrogens (tertiary/aromatic N) is 2. The summed E-state index contributed by atoms with van der Waals surface area (Å²) >= 11 is 0. The molecule has 1 heterocycles. The molecule has 190 valence electrons. The second-order valence-corrected chi connectivity index (χ2v) is 13.0. The van der Waals surface area contributed by atoms with Crippen LogP contribution in [0.2, 0.25) is 0 Å². The molecule has 35 heavy (non-hydrogen) atoms. The maximum absolute atomic E-state index is 13.7. The molecule has 0 aliphatic heterocycles. The summed E-state index contributed by atoms with van der Waals surface area (Å²) in [7, 11) is 1.86. The molecule has 4 saturated carbocycles. The van der Waals surface area contributed by atoms with Gasteiger partial charge >= 0.3 is 0 Å². The largest absolute Gasteiger partial charge is 0.390 e. The number of hydrogen-bond donors (Lipinski definition) is 1. The van der Waals surface area contributed by atoms with E-state index in [0.717, 1.165) is 49.7 Å². The van der Waals surface area contributed by atoms with E-state index in [1.807, 2.05) is 43.1 Å². The molecule has 5 nitrogen and oxygen atoms in total. The molecule has 6 rings (SSSR count). The first-order chi connectivity index (χ1) is 16.8. The van der Waals surface area contributed by atoms with Gasteiger partial charge in [-0.05, 0) is 111 Å². The Kier molecular flexibility index (Phi) is 5.69. The third-order valence-electron chi connectivity index (χ3n) is 11.3. The Morgan fingerprint density at radius 1 is 1.09 bits per heavy atom. The molecule has 4 aliphatic carbocycles. The Morgan fingerprint density at radius 3 is 2.74 bits per heavy atom. The van der Waals surface area contributed by atoms with Crippen molar-refractivity contribution in [2.24, 2.45) is 40.4 Å². The lowest BCUT2D eigenvalue weighted by atomic mass is 9.43. The Hall–Kier alpha value is -1.72. The van der Waals surface area contributed by atoms with Crippen LogP contribution in [0.25, 0.3) is 11.0 Å². The molecular weight excluding hydrogens is 436 g/mol. The zero-order chi connectivity index (χ0) is 24.4. The van der Waals surface area contributed by atoms with Crippen LogP contribution in [0.1, 0.15) is 71.6 Å². The Labute approximate surface area is 209 Å². The number of carbonyl (C=O) groups excluding carboxylic acids is 1. The van der Waals surface area contributed by atoms with Gasteiger partial charge in [0, 0.05) is 13.0 Å². The van der Waals surface area contributed by atoms with E-state index < -0.39 is 5.60 Å². The van der Waals surface area contributed by atoms with Crippen molar-refractivity contribution in [3.05, 3.63) is 30.6 Å². The molecule has 0 unspecified atom stereocenters. The number of hydrogen-bond acceptors (Lipinski definition) is 4. The highest BCUT2D eigenvalue weighted by atomic mass is 16.5. The number of rotatable bonds is 5. The summed E-state index contributed by atoms with van der Waals surface area (Å²) in [5.74, 6) is 3.09. The minimum atomic E-state index is -0.527. The summed E-state index contributed by atoms with van der Waals surface area (Å²) < 4.78 is 7.95. The van der Waals surface area contributed by atoms with Gasteiger partial charge in [-0.3, -0.25) is 4.79 Å². The molecule has 0 spiro atoms. The Balaban J connectivity index is 1.24. The van der Waals surface area contributed by atoms with Gasteiger partial charge in [-0.1, -0.05) is 19.1 Å². The average Bonchev–Trinajstić information content (AvgIpc) is 3.40. The van der Waals surface area contributed by atoms with Gasteiger partial charge in [-0.25, -0.2) is 4.98 Å². The maximum atomic E-state index is 13.7. The summed E-state index contributed by atoms with van der Waals surface area (Å²) in [5.41, 5.74) is 1.80. The number of ether oxygens (including phenoxy) is 1. The lowest BCUT2D eigenvalue weighted by Gasteiger charge is -2.62. The molecule has 1 aromatic carbocycles. The number of benzene rings is 1. The van der Waals surface area contributed by atoms with E-state index in [2.05, 4.69) is 18.0 Å². The number of aromatic nitrogens is 2. The van der Waals surface area contributed by atoms with Crippen LogP contribution in [0.4, 0.5) is 0 Å². The highest BCUT2D eigenvalue weighted by Gasteiger charge is 2.63. The predicted molar refractivity (Wildman–Crippen MR) is 137 cm³/mol. The maximum Gasteiger partial charge on any atom is 0.156 e. The van der Waals surface area contributed by atoms with E-state index in [0.29, 0.717) is 36.0 Å². The van der Waals surface area contributed by atoms with Crippen molar-refractivity contribution >= 4 is 16.8 Å². The van der Waals surface area contributed by atoms with Gasteiger partial charge in [0.2, 0.25) is 0 Å². The van der Waals surface area contributed by atoms with Crippen LogP contribution in [0.15, 0.2) is 30.6 Å². The topological polar surface area (TPSA) is 64.3 Å². The van der Waals surface area contributed by atoms with Crippen molar-refractivity contribution in [1.29, 1.82) is 0 Å². The summed E-state index contributed by atoms with van der Waals surface area (Å²) in [4.78, 5) is 18.3. The molecule has 0 bridgehead atoms. The van der Waals surface area contributed by atoms with Gasteiger partial charge in [0.15, 0.2) is 5.78 Å². The third-order valence-corrected chi connectivity index (χ3v) is 11.3. The normalized spacial score (nSPS) is 42.9. The van der Waals surface area contributed by atoms with E-state index in [1.54, 1.807) is 0 Å². The van der Waals surface area contributed by atoms with E-state index in [4.69, 9.17) is 4.74 Å². The molecule has 0 saturated heterocycles. The zero-order valence-corrected chi connectivity index (χ0v) is 21.7. The fraction of sp³-hybridized carbons (Fsp3) is 0.733. The number of Topliss-reactive ketones (excluding diaryl/α,β-unsaturated/α-hetero) is 1. The highest BCUT2D eigenvalue weighted by Crippen LogP contribution is 2.68. The van der Waals surface area contributed by atoms with Crippen LogP contribution in [0.3, 0.4) is 0 Å². The van der Waals surface area contributed by atoms with Crippen LogP contribution in [-0.4, -0.2) is 39.8 Å². The van der Waals surface area contributed by atoms with Crippen molar-refractivity contribution in [3.63, 3.8) is 0 Å². The van der Waals surface area contributed by atoms with Gasteiger partial charge in [0.1, 0.15) is 0 Å². The summed E-state index contributed by atoms with van der Waals surface area (Å²) in [6.07, 6.45) is 11.7. The number of fused-ring (bicyclic) bond motifs is 6. The van der Waals surface area contributed by atoms with Crippen molar-refractivity contribution in [2.75, 3.05) is 13.7 Å². The number of ketones is 1. The fourth-order valence-electron chi connectivity index (χ4n) is 9.73. The summed E-state index contributed by atoms with van der Waals surface area (Å²) in [5, 5.41) is 10.9. The van der Waals surface area contributed by atoms with Gasteiger partial charge in [0.05, 0.1) is 36.1 Å². The number of aliphatic hydroxyl groups is 1. The number of imidazole rings is 1. The van der Waals surface area contributed by atoms with E-state index in [1.165, 1.54) is 25.7 Å². The molecule has 0 amide bonds. The molecular formula is C30H42N2O3. The van der Waals surface area contributed by atoms with E-state index >= 15 is 0 Å². The number of methoxy groups -OCH3 is 1. The third kappa shape index (κ3) is 3.63. The van der Waals surface area contributed by atoms with Crippen molar-refractivity contribution in [1.82, 2.24) is 9.55 Å². The SMILES string of the molecule is COC[C@]12CC[C@@](C)(O)C[C@@H]1CC[C@H]1[C@@H]3CC[C@H](C(=O)Cn4cnc5ccccc54)[C@@]3(C)CC[C@@H]12. The van der Waals surface area contributed by atoms with Gasteiger partial charge in [-0.2, -0.15) is 0 Å². The predicted octanol–water partition coefficient (Wildman–Crippen LogP) is 5.64. The zero-order valence-electron chi connectivity index (χ0n) is 21.7. The first-order valence-electron chi connectivity index (χ1n) is 13.9. The van der Waals surface area contributed by atoms with Crippen molar-refractivity contribution in [2.45, 2.75) is 83.8 Å². The summed E-state index contributed by atoms with van der Waals surface area (Å²) in [6, 6.07) is 8.10. The molecule has 1 aromatic heterocycles. The Morgan fingerprint density at radius 2 is 1.91 bits per heavy atom. The van der Waals surface area contributed by atoms with Gasteiger partial charge in [0.25, 0.3) is 0 Å². The van der Waals surface area contributed by atoms with Crippen molar-refractivity contribution in [3.8, 4) is 0 Å². The average molecular weight is 479 g/mol. The van der Waals surface area contributed by atoms with Crippen molar-refractivity contribution < 1.29 is 14.6 Å². The van der Waals surface area contributed by atoms with E-state index in [9.17, 15) is 9.90 Å². The number of carbonyl (C=O) groups is 1. The summed E-state index contributed by atoms with van der Waals surface area (Å²) in [6.45, 7) is 5.74. The second-order valence-electron chi connectivity index (χ2n) is 13.0. The minimum Gasteiger partial charge on any atom is -0.390 e. The van der Waals surface area contributed by atoms with Crippen LogP contribution >= 0.6 is 0 Å². The van der Waals surface area contributed by atoms with Crippen LogP contribution in [0.5, 0.6) is 0 Å². The highest BCUT2D eigenvalue weighted by molar-refractivity contribution is 5.84. The monoisotopic (exact) mass is 478 g/mol. The fourth-order valence-corrected chi connectivity index (χ4v) is 9.73. The molecule has 8 atom stereocenters. The smallest absolute Gasteiger partial charge is 0.156 e. The van der Waals surface area contributed by atoms with Gasteiger partial charge < -0.3 is 14.4 Å². The minimum absolute atomic E-state index is 0.107. The van der Waals surface area contributed by atoms with Crippen LogP contribution in [-0.2, 0) is 16.1 Å². The molecule has 4 aliphatic rings. The van der Waals surface area contributed by atoms with Gasteiger partial charge in [-0.15, -0.1) is 0 Å². The number of para-hydroxylation sites is 2. The second kappa shape index (κ2) is 8.41. The standard InChI is InChI=1S/C30H42N2O3/c1-28(34)14-15-30(18-35-3)20(16-28)8-9-21-22-10-11-24(29(22,2)13-12-23(21)30)27(33)17-32-19-31-25-6-4-5-7-26(25)32/h4-7,19-24,34H,8-18H2,1-3H3/t20-,21-,22-,23-,24+,28+,29-,30+/m0/s1. The molecule has 1 N–H and O–H groups in total. The first kappa shape index (κ1) is 23.7. The molecule has 4 fully saturated rings. The Bertz CT molecular complexity index is 1110. The molecule has 2 aromatic rings. The molecule has 5 heteroatoms. The lowest BCUT2D eigenvalue weighted by Crippen LogP contribution is -2.58. The lowest BCUT2D eigenvalue weighted by molar-refractivity contribution is -0.175. The van der Waals surface area contributed by atoms with E-state index in [-0.39, 0.29) is 16.7 Å².